The Hall–Kier alpha value is -4.04. The summed E-state index contributed by atoms with van der Waals surface area (Å²) < 4.78 is 21.7. The fourth-order valence-corrected chi connectivity index (χ4v) is 3.04. The SMILES string of the molecule is CCOc1ccccc1OCC(=O)NN=Cc1ccc(OC(=O)c2ccccc2Cl)c(OC)c1. The van der Waals surface area contributed by atoms with E-state index >= 15 is 0 Å². The Balaban J connectivity index is 1.57. The van der Waals surface area contributed by atoms with Gasteiger partial charge in [-0.15, -0.1) is 0 Å². The molecule has 0 saturated heterocycles. The van der Waals surface area contributed by atoms with Crippen molar-refractivity contribution in [3.05, 3.63) is 82.9 Å². The number of hydrogen-bond donors (Lipinski definition) is 1. The highest BCUT2D eigenvalue weighted by Gasteiger charge is 2.15. The molecule has 0 atom stereocenters. The Morgan fingerprint density at radius 2 is 1.65 bits per heavy atom. The summed E-state index contributed by atoms with van der Waals surface area (Å²) in [5, 5.41) is 4.21. The number of rotatable bonds is 10. The van der Waals surface area contributed by atoms with E-state index in [0.29, 0.717) is 29.4 Å². The van der Waals surface area contributed by atoms with Crippen molar-refractivity contribution in [2.24, 2.45) is 5.10 Å². The number of amides is 1. The molecule has 176 valence electrons. The molecule has 0 bridgehead atoms. The highest BCUT2D eigenvalue weighted by atomic mass is 35.5. The van der Waals surface area contributed by atoms with E-state index in [-0.39, 0.29) is 22.9 Å². The van der Waals surface area contributed by atoms with E-state index in [2.05, 4.69) is 10.5 Å². The lowest BCUT2D eigenvalue weighted by molar-refractivity contribution is -0.123. The van der Waals surface area contributed by atoms with Crippen molar-refractivity contribution in [1.82, 2.24) is 5.43 Å². The standard InChI is InChI=1S/C25H23ClN2O6/c1-3-32-20-10-6-7-11-21(20)33-16-24(29)28-27-15-17-12-13-22(23(14-17)31-2)34-25(30)18-8-4-5-9-19(18)26/h4-15H,3,16H2,1-2H3,(H,28,29). The van der Waals surface area contributed by atoms with Crippen LogP contribution in [0.3, 0.4) is 0 Å². The molecule has 0 radical (unpaired) electrons. The van der Waals surface area contributed by atoms with E-state index in [9.17, 15) is 9.59 Å². The Kier molecular flexibility index (Phi) is 8.88. The quantitative estimate of drug-likeness (QED) is 0.198. The van der Waals surface area contributed by atoms with Crippen molar-refractivity contribution in [1.29, 1.82) is 0 Å². The van der Waals surface area contributed by atoms with Gasteiger partial charge in [-0.1, -0.05) is 35.9 Å². The predicted octanol–water partition coefficient (Wildman–Crippen LogP) is 4.50. The minimum atomic E-state index is -0.608. The molecule has 0 aliphatic heterocycles. The number of nitrogens with zero attached hydrogens (tertiary/aromatic N) is 1. The summed E-state index contributed by atoms with van der Waals surface area (Å²) in [5.41, 5.74) is 3.24. The van der Waals surface area contributed by atoms with E-state index in [0.717, 1.165) is 0 Å². The van der Waals surface area contributed by atoms with Crippen LogP contribution < -0.4 is 24.4 Å². The normalized spacial score (nSPS) is 10.6. The zero-order valence-corrected chi connectivity index (χ0v) is 19.4. The molecule has 1 N–H and O–H groups in total. The molecule has 3 rings (SSSR count). The zero-order valence-electron chi connectivity index (χ0n) is 18.6. The largest absolute Gasteiger partial charge is 0.493 e. The molecule has 34 heavy (non-hydrogen) atoms. The monoisotopic (exact) mass is 482 g/mol. The van der Waals surface area contributed by atoms with Gasteiger partial charge in [-0.2, -0.15) is 5.10 Å². The van der Waals surface area contributed by atoms with Gasteiger partial charge in [0.1, 0.15) is 0 Å². The molecule has 0 aliphatic rings. The van der Waals surface area contributed by atoms with Crippen LogP contribution in [-0.4, -0.2) is 38.4 Å². The summed E-state index contributed by atoms with van der Waals surface area (Å²) in [5.74, 6) is 0.503. The first-order valence-electron chi connectivity index (χ1n) is 10.3. The molecule has 0 aliphatic carbocycles. The number of carbonyl (C=O) groups excluding carboxylic acids is 2. The Labute approximate surface area is 202 Å². The second-order valence-corrected chi connectivity index (χ2v) is 7.15. The maximum absolute atomic E-state index is 12.4. The Bertz CT molecular complexity index is 1180. The minimum absolute atomic E-state index is 0.218. The van der Waals surface area contributed by atoms with Crippen molar-refractivity contribution in [2.75, 3.05) is 20.3 Å². The van der Waals surface area contributed by atoms with Crippen molar-refractivity contribution in [3.8, 4) is 23.0 Å². The lowest BCUT2D eigenvalue weighted by Gasteiger charge is -2.11. The van der Waals surface area contributed by atoms with Crippen LogP contribution in [0, 0.1) is 0 Å². The molecule has 1 amide bonds. The second kappa shape index (κ2) is 12.3. The van der Waals surface area contributed by atoms with Gasteiger partial charge in [0, 0.05) is 0 Å². The van der Waals surface area contributed by atoms with Crippen molar-refractivity contribution >= 4 is 29.7 Å². The van der Waals surface area contributed by atoms with Gasteiger partial charge in [-0.25, -0.2) is 10.2 Å². The first-order valence-corrected chi connectivity index (χ1v) is 10.7. The molecule has 0 saturated carbocycles. The van der Waals surface area contributed by atoms with Crippen molar-refractivity contribution < 1.29 is 28.5 Å². The van der Waals surface area contributed by atoms with Crippen molar-refractivity contribution in [2.45, 2.75) is 6.92 Å². The average Bonchev–Trinajstić information content (AvgIpc) is 2.84. The highest BCUT2D eigenvalue weighted by Crippen LogP contribution is 2.29. The van der Waals surface area contributed by atoms with E-state index in [1.54, 1.807) is 60.7 Å². The van der Waals surface area contributed by atoms with Crippen LogP contribution in [0.4, 0.5) is 0 Å². The van der Waals surface area contributed by atoms with E-state index in [1.807, 2.05) is 13.0 Å². The molecule has 8 nitrogen and oxygen atoms in total. The van der Waals surface area contributed by atoms with Gasteiger partial charge in [-0.05, 0) is 55.0 Å². The van der Waals surface area contributed by atoms with Crippen LogP contribution >= 0.6 is 11.6 Å². The van der Waals surface area contributed by atoms with Gasteiger partial charge >= 0.3 is 5.97 Å². The van der Waals surface area contributed by atoms with Crippen LogP contribution in [0.5, 0.6) is 23.0 Å². The predicted molar refractivity (Wildman–Crippen MR) is 128 cm³/mol. The average molecular weight is 483 g/mol. The van der Waals surface area contributed by atoms with E-state index in [4.69, 9.17) is 30.5 Å². The number of benzene rings is 3. The molecule has 0 spiro atoms. The van der Waals surface area contributed by atoms with Gasteiger partial charge in [0.05, 0.1) is 30.5 Å². The summed E-state index contributed by atoms with van der Waals surface area (Å²) in [7, 11) is 1.45. The third-order valence-corrected chi connectivity index (χ3v) is 4.72. The molecular weight excluding hydrogens is 460 g/mol. The number of halogens is 1. The van der Waals surface area contributed by atoms with E-state index < -0.39 is 11.9 Å². The number of hydrazone groups is 1. The Morgan fingerprint density at radius 1 is 0.941 bits per heavy atom. The summed E-state index contributed by atoms with van der Waals surface area (Å²) in [4.78, 5) is 24.5. The van der Waals surface area contributed by atoms with Crippen LogP contribution in [0.1, 0.15) is 22.8 Å². The van der Waals surface area contributed by atoms with Crippen LogP contribution in [0.25, 0.3) is 0 Å². The number of carbonyl (C=O) groups is 2. The third kappa shape index (κ3) is 6.73. The fraction of sp³-hybridized carbons (Fsp3) is 0.160. The summed E-state index contributed by atoms with van der Waals surface area (Å²) >= 11 is 6.05. The zero-order chi connectivity index (χ0) is 24.3. The first kappa shape index (κ1) is 24.6. The number of hydrogen-bond acceptors (Lipinski definition) is 7. The molecule has 9 heteroatoms. The highest BCUT2D eigenvalue weighted by molar-refractivity contribution is 6.33. The number of esters is 1. The number of para-hydroxylation sites is 2. The van der Waals surface area contributed by atoms with Crippen LogP contribution in [0.2, 0.25) is 5.02 Å². The van der Waals surface area contributed by atoms with E-state index in [1.165, 1.54) is 13.3 Å². The summed E-state index contributed by atoms with van der Waals surface area (Å²) in [6, 6.07) is 18.5. The third-order valence-electron chi connectivity index (χ3n) is 4.39. The van der Waals surface area contributed by atoms with Gasteiger partial charge in [-0.3, -0.25) is 4.79 Å². The molecule has 0 heterocycles. The summed E-state index contributed by atoms with van der Waals surface area (Å²) in [6.45, 7) is 2.11. The second-order valence-electron chi connectivity index (χ2n) is 6.74. The number of ether oxygens (including phenoxy) is 4. The molecule has 0 aromatic heterocycles. The first-order chi connectivity index (χ1) is 16.5. The van der Waals surface area contributed by atoms with Crippen LogP contribution in [0.15, 0.2) is 71.8 Å². The van der Waals surface area contributed by atoms with Crippen molar-refractivity contribution in [3.63, 3.8) is 0 Å². The maximum atomic E-state index is 12.4. The number of nitrogens with one attached hydrogen (secondary N) is 1. The van der Waals surface area contributed by atoms with Crippen LogP contribution in [-0.2, 0) is 4.79 Å². The molecule has 0 unspecified atom stereocenters. The smallest absolute Gasteiger partial charge is 0.345 e. The molecular formula is C25H23ClN2O6. The molecule has 3 aromatic rings. The lowest BCUT2D eigenvalue weighted by atomic mass is 10.2. The topological polar surface area (TPSA) is 95.5 Å². The van der Waals surface area contributed by atoms with Gasteiger partial charge < -0.3 is 18.9 Å². The number of methoxy groups -OCH3 is 1. The van der Waals surface area contributed by atoms with Gasteiger partial charge in [0.2, 0.25) is 0 Å². The summed E-state index contributed by atoms with van der Waals surface area (Å²) in [6.07, 6.45) is 1.42. The molecule has 3 aromatic carbocycles. The fourth-order valence-electron chi connectivity index (χ4n) is 2.83. The van der Waals surface area contributed by atoms with Gasteiger partial charge in [0.15, 0.2) is 29.6 Å². The minimum Gasteiger partial charge on any atom is -0.493 e. The maximum Gasteiger partial charge on any atom is 0.345 e. The molecule has 0 fully saturated rings. The lowest BCUT2D eigenvalue weighted by Crippen LogP contribution is -2.24. The van der Waals surface area contributed by atoms with Gasteiger partial charge in [0.25, 0.3) is 5.91 Å². The Morgan fingerprint density at radius 3 is 2.35 bits per heavy atom.